The quantitative estimate of drug-likeness (QED) is 0.675. The molecule has 0 radical (unpaired) electrons. The van der Waals surface area contributed by atoms with E-state index in [-0.39, 0.29) is 11.8 Å². The molecule has 132 valence electrons. The molecule has 1 atom stereocenters. The van der Waals surface area contributed by atoms with E-state index < -0.39 is 6.10 Å². The molecule has 0 saturated heterocycles. The van der Waals surface area contributed by atoms with Gasteiger partial charge in [0.1, 0.15) is 6.10 Å². The molecular weight excluding hydrogens is 318 g/mol. The summed E-state index contributed by atoms with van der Waals surface area (Å²) in [4.78, 5) is 24.0. The minimum absolute atomic E-state index is 0.114. The zero-order valence-corrected chi connectivity index (χ0v) is 14.4. The molecule has 0 fully saturated rings. The Morgan fingerprint density at radius 1 is 1.08 bits per heavy atom. The van der Waals surface area contributed by atoms with E-state index in [4.69, 9.17) is 10.5 Å². The summed E-state index contributed by atoms with van der Waals surface area (Å²) in [5.74, 6) is -0.359. The highest BCUT2D eigenvalue weighted by atomic mass is 16.5. The minimum Gasteiger partial charge on any atom is -0.399 e. The predicted octanol–water partition coefficient (Wildman–Crippen LogP) is 2.81. The van der Waals surface area contributed by atoms with E-state index in [1.807, 2.05) is 24.3 Å². The lowest BCUT2D eigenvalue weighted by molar-refractivity contribution is -0.124. The average Bonchev–Trinajstić information content (AvgIpc) is 2.60. The number of carbonyl (C=O) groups is 2. The largest absolute Gasteiger partial charge is 0.399 e. The number of hydrogen-bond donors (Lipinski definition) is 3. The van der Waals surface area contributed by atoms with Crippen LogP contribution in [0.15, 0.2) is 48.5 Å². The van der Waals surface area contributed by atoms with Gasteiger partial charge in [-0.25, -0.2) is 0 Å². The maximum absolute atomic E-state index is 12.1. The molecule has 0 spiro atoms. The van der Waals surface area contributed by atoms with Gasteiger partial charge >= 0.3 is 0 Å². The Labute approximate surface area is 147 Å². The van der Waals surface area contributed by atoms with Gasteiger partial charge in [-0.1, -0.05) is 24.3 Å². The Morgan fingerprint density at radius 2 is 1.76 bits per heavy atom. The fourth-order valence-electron chi connectivity index (χ4n) is 2.26. The number of anilines is 3. The van der Waals surface area contributed by atoms with E-state index in [1.165, 1.54) is 7.11 Å². The van der Waals surface area contributed by atoms with Gasteiger partial charge in [0.15, 0.2) is 0 Å². The van der Waals surface area contributed by atoms with Crippen LogP contribution in [0, 0.1) is 0 Å². The fraction of sp³-hybridized carbons (Fsp3) is 0.263. The maximum Gasteiger partial charge on any atom is 0.253 e. The number of rotatable bonds is 7. The van der Waals surface area contributed by atoms with Crippen molar-refractivity contribution in [3.63, 3.8) is 0 Å². The third-order valence-electron chi connectivity index (χ3n) is 3.81. The van der Waals surface area contributed by atoms with Crippen molar-refractivity contribution in [2.75, 3.05) is 23.5 Å². The van der Waals surface area contributed by atoms with Crippen molar-refractivity contribution in [2.45, 2.75) is 25.9 Å². The molecule has 0 aliphatic carbocycles. The number of aryl methyl sites for hydroxylation is 1. The van der Waals surface area contributed by atoms with Gasteiger partial charge in [-0.15, -0.1) is 0 Å². The predicted molar refractivity (Wildman–Crippen MR) is 99.3 cm³/mol. The Balaban J connectivity index is 1.91. The lowest BCUT2D eigenvalue weighted by Crippen LogP contribution is -2.26. The number of ether oxygens (including phenoxy) is 1. The summed E-state index contributed by atoms with van der Waals surface area (Å²) in [5.41, 5.74) is 8.73. The summed E-state index contributed by atoms with van der Waals surface area (Å²) in [6.07, 6.45) is 0.348. The van der Waals surface area contributed by atoms with Crippen LogP contribution in [0.1, 0.15) is 18.9 Å². The van der Waals surface area contributed by atoms with Crippen molar-refractivity contribution in [2.24, 2.45) is 0 Å². The Kier molecular flexibility index (Phi) is 6.54. The van der Waals surface area contributed by atoms with Crippen molar-refractivity contribution in [3.05, 3.63) is 54.1 Å². The highest BCUT2D eigenvalue weighted by molar-refractivity contribution is 5.95. The van der Waals surface area contributed by atoms with Gasteiger partial charge in [0.2, 0.25) is 5.91 Å². The standard InChI is InChI=1S/C19H23N3O3/c1-13(25-2)19(24)22-16-8-5-7-15(12-16)21-18(23)11-10-14-6-3-4-9-17(14)20/h3-9,12-13H,10-11,20H2,1-2H3,(H,21,23)(H,22,24). The van der Waals surface area contributed by atoms with Gasteiger partial charge < -0.3 is 21.1 Å². The summed E-state index contributed by atoms with van der Waals surface area (Å²) >= 11 is 0. The molecule has 0 heterocycles. The second kappa shape index (κ2) is 8.84. The SMILES string of the molecule is COC(C)C(=O)Nc1cccc(NC(=O)CCc2ccccc2N)c1. The van der Waals surface area contributed by atoms with Gasteiger partial charge in [-0.3, -0.25) is 9.59 Å². The smallest absolute Gasteiger partial charge is 0.253 e. The number of hydrogen-bond acceptors (Lipinski definition) is 4. The van der Waals surface area contributed by atoms with Gasteiger partial charge in [0, 0.05) is 30.6 Å². The van der Waals surface area contributed by atoms with E-state index >= 15 is 0 Å². The minimum atomic E-state index is -0.547. The van der Waals surface area contributed by atoms with Crippen LogP contribution in [-0.2, 0) is 20.7 Å². The first-order valence-corrected chi connectivity index (χ1v) is 8.06. The number of methoxy groups -OCH3 is 1. The van der Waals surface area contributed by atoms with Crippen LogP contribution < -0.4 is 16.4 Å². The lowest BCUT2D eigenvalue weighted by Gasteiger charge is -2.12. The molecular formula is C19H23N3O3. The van der Waals surface area contributed by atoms with Crippen LogP contribution in [0.4, 0.5) is 17.1 Å². The van der Waals surface area contributed by atoms with E-state index in [0.29, 0.717) is 29.9 Å². The Morgan fingerprint density at radius 3 is 2.44 bits per heavy atom. The molecule has 2 aromatic rings. The number of benzene rings is 2. The third kappa shape index (κ3) is 5.61. The first-order valence-electron chi connectivity index (χ1n) is 8.06. The number of para-hydroxylation sites is 1. The molecule has 25 heavy (non-hydrogen) atoms. The molecule has 0 aromatic heterocycles. The monoisotopic (exact) mass is 341 g/mol. The van der Waals surface area contributed by atoms with Crippen molar-refractivity contribution < 1.29 is 14.3 Å². The molecule has 6 nitrogen and oxygen atoms in total. The van der Waals surface area contributed by atoms with Crippen molar-refractivity contribution in [1.29, 1.82) is 0 Å². The average molecular weight is 341 g/mol. The van der Waals surface area contributed by atoms with Crippen molar-refractivity contribution in [3.8, 4) is 0 Å². The second-order valence-corrected chi connectivity index (χ2v) is 5.69. The highest BCUT2D eigenvalue weighted by Crippen LogP contribution is 2.17. The molecule has 0 bridgehead atoms. The number of nitrogens with one attached hydrogen (secondary N) is 2. The number of carbonyl (C=O) groups excluding carboxylic acids is 2. The lowest BCUT2D eigenvalue weighted by atomic mass is 10.1. The molecule has 0 aliphatic heterocycles. The van der Waals surface area contributed by atoms with E-state index in [9.17, 15) is 9.59 Å². The zero-order valence-electron chi connectivity index (χ0n) is 14.4. The van der Waals surface area contributed by atoms with Gasteiger partial charge in [0.05, 0.1) is 0 Å². The molecule has 2 aromatic carbocycles. The van der Waals surface area contributed by atoms with Gasteiger partial charge in [0.25, 0.3) is 5.91 Å². The van der Waals surface area contributed by atoms with Crippen LogP contribution in [0.5, 0.6) is 0 Å². The van der Waals surface area contributed by atoms with Crippen LogP contribution in [-0.4, -0.2) is 25.0 Å². The molecule has 6 heteroatoms. The van der Waals surface area contributed by atoms with Crippen LogP contribution in [0.2, 0.25) is 0 Å². The van der Waals surface area contributed by atoms with Crippen LogP contribution in [0.25, 0.3) is 0 Å². The van der Waals surface area contributed by atoms with E-state index in [0.717, 1.165) is 5.56 Å². The molecule has 4 N–H and O–H groups in total. The second-order valence-electron chi connectivity index (χ2n) is 5.69. The summed E-state index contributed by atoms with van der Waals surface area (Å²) in [5, 5.41) is 5.57. The van der Waals surface area contributed by atoms with E-state index in [2.05, 4.69) is 10.6 Å². The van der Waals surface area contributed by atoms with Gasteiger partial charge in [-0.2, -0.15) is 0 Å². The van der Waals surface area contributed by atoms with E-state index in [1.54, 1.807) is 31.2 Å². The zero-order chi connectivity index (χ0) is 18.2. The number of amides is 2. The number of nitrogens with two attached hydrogens (primary N) is 1. The Hall–Kier alpha value is -2.86. The topological polar surface area (TPSA) is 93.5 Å². The van der Waals surface area contributed by atoms with Crippen LogP contribution >= 0.6 is 0 Å². The fourth-order valence-corrected chi connectivity index (χ4v) is 2.26. The van der Waals surface area contributed by atoms with Gasteiger partial charge in [-0.05, 0) is 43.2 Å². The summed E-state index contributed by atoms with van der Waals surface area (Å²) < 4.78 is 4.97. The van der Waals surface area contributed by atoms with Crippen molar-refractivity contribution in [1.82, 2.24) is 0 Å². The molecule has 1 unspecified atom stereocenters. The molecule has 2 amide bonds. The molecule has 2 rings (SSSR count). The highest BCUT2D eigenvalue weighted by Gasteiger charge is 2.12. The molecule has 0 saturated carbocycles. The first-order chi connectivity index (χ1) is 12.0. The summed E-state index contributed by atoms with van der Waals surface area (Å²) in [6.45, 7) is 1.66. The Bertz CT molecular complexity index is 746. The maximum atomic E-state index is 12.1. The first kappa shape index (κ1) is 18.5. The normalized spacial score (nSPS) is 11.6. The van der Waals surface area contributed by atoms with Crippen molar-refractivity contribution >= 4 is 28.9 Å². The van der Waals surface area contributed by atoms with Crippen LogP contribution in [0.3, 0.4) is 0 Å². The third-order valence-corrected chi connectivity index (χ3v) is 3.81. The number of nitrogen functional groups attached to an aromatic ring is 1. The summed E-state index contributed by atoms with van der Waals surface area (Å²) in [6, 6.07) is 14.5. The molecule has 0 aliphatic rings. The summed E-state index contributed by atoms with van der Waals surface area (Å²) in [7, 11) is 1.47.